The highest BCUT2D eigenvalue weighted by Gasteiger charge is 2.42. The summed E-state index contributed by atoms with van der Waals surface area (Å²) >= 11 is 0. The van der Waals surface area contributed by atoms with Crippen LogP contribution in [0.5, 0.6) is 5.75 Å². The number of benzene rings is 2. The molecule has 3 heterocycles. The molecule has 0 aliphatic carbocycles. The number of hydrogen-bond donors (Lipinski definition) is 2. The molecule has 3 N–H and O–H groups in total. The van der Waals surface area contributed by atoms with Gasteiger partial charge in [0.25, 0.3) is 5.91 Å². The normalized spacial score (nSPS) is 22.6. The molecule has 2 aliphatic rings. The highest BCUT2D eigenvalue weighted by Crippen LogP contribution is 2.40. The van der Waals surface area contributed by atoms with Crippen molar-refractivity contribution in [1.82, 2.24) is 15.2 Å². The van der Waals surface area contributed by atoms with Crippen LogP contribution in [0.4, 0.5) is 0 Å². The zero-order valence-electron chi connectivity index (χ0n) is 23.7. The molecule has 8 heteroatoms. The van der Waals surface area contributed by atoms with E-state index in [-0.39, 0.29) is 36.2 Å². The maximum Gasteiger partial charge on any atom is 0.251 e. The fourth-order valence-corrected chi connectivity index (χ4v) is 5.53. The molecule has 0 saturated heterocycles. The van der Waals surface area contributed by atoms with Crippen molar-refractivity contribution in [2.24, 2.45) is 16.6 Å². The lowest BCUT2D eigenvalue weighted by atomic mass is 9.83. The third-order valence-electron chi connectivity index (χ3n) is 8.04. The first kappa shape index (κ1) is 27.4. The zero-order chi connectivity index (χ0) is 28.7. The fraction of sp³-hybridized carbons (Fsp3) is 0.375. The number of pyridine rings is 1. The van der Waals surface area contributed by atoms with Gasteiger partial charge in [-0.1, -0.05) is 50.2 Å². The van der Waals surface area contributed by atoms with Crippen molar-refractivity contribution in [3.8, 4) is 5.75 Å². The minimum Gasteiger partial charge on any atom is -0.487 e. The largest absolute Gasteiger partial charge is 0.487 e. The summed E-state index contributed by atoms with van der Waals surface area (Å²) in [6, 6.07) is 18.1. The number of rotatable bonds is 6. The zero-order valence-corrected chi connectivity index (χ0v) is 23.7. The maximum absolute atomic E-state index is 13.6. The van der Waals surface area contributed by atoms with Crippen LogP contribution >= 0.6 is 0 Å². The van der Waals surface area contributed by atoms with E-state index in [1.54, 1.807) is 18.5 Å². The molecule has 1 aromatic heterocycles. The Morgan fingerprint density at radius 1 is 1.07 bits per heavy atom. The average molecular weight is 540 g/mol. The maximum atomic E-state index is 13.6. The van der Waals surface area contributed by atoms with Gasteiger partial charge in [-0.25, -0.2) is 4.99 Å². The van der Waals surface area contributed by atoms with Gasteiger partial charge < -0.3 is 15.8 Å². The molecule has 2 aliphatic heterocycles. The number of carbonyl (C=O) groups excluding carboxylic acids is 2. The number of nitrogens with two attached hydrogens (primary N) is 1. The monoisotopic (exact) mass is 539 g/mol. The summed E-state index contributed by atoms with van der Waals surface area (Å²) in [6.07, 6.45) is 4.27. The molecule has 3 aromatic rings. The van der Waals surface area contributed by atoms with Crippen LogP contribution < -0.4 is 15.8 Å². The van der Waals surface area contributed by atoms with Gasteiger partial charge in [0.1, 0.15) is 11.4 Å². The van der Waals surface area contributed by atoms with Gasteiger partial charge in [0, 0.05) is 29.9 Å². The van der Waals surface area contributed by atoms with E-state index in [4.69, 9.17) is 15.5 Å². The molecule has 0 spiro atoms. The van der Waals surface area contributed by atoms with Gasteiger partial charge in [-0.3, -0.25) is 19.5 Å². The SMILES string of the molecule is CC(C)[C@]1(C)CC(=O)N([C@@H](c2cccnc2)c2cccc(C(=O)N[C@H]3CC(C)(C)Oc4ccccc43)c2)C(N)=N1. The minimum atomic E-state index is -0.586. The number of guanidine groups is 1. The van der Waals surface area contributed by atoms with Gasteiger partial charge in [0.2, 0.25) is 5.91 Å². The number of nitrogens with one attached hydrogen (secondary N) is 1. The molecule has 3 atom stereocenters. The number of ether oxygens (including phenoxy) is 1. The van der Waals surface area contributed by atoms with Gasteiger partial charge in [-0.05, 0) is 62.1 Å². The Hall–Kier alpha value is -4.20. The molecule has 0 unspecified atom stereocenters. The van der Waals surface area contributed by atoms with Crippen molar-refractivity contribution < 1.29 is 14.3 Å². The predicted octanol–water partition coefficient (Wildman–Crippen LogP) is 5.16. The summed E-state index contributed by atoms with van der Waals surface area (Å²) in [4.78, 5) is 37.8. The molecule has 208 valence electrons. The van der Waals surface area contributed by atoms with Crippen molar-refractivity contribution in [3.63, 3.8) is 0 Å². The average Bonchev–Trinajstić information content (AvgIpc) is 2.90. The first-order valence-electron chi connectivity index (χ1n) is 13.7. The van der Waals surface area contributed by atoms with Crippen molar-refractivity contribution in [3.05, 3.63) is 95.3 Å². The van der Waals surface area contributed by atoms with Gasteiger partial charge >= 0.3 is 0 Å². The Balaban J connectivity index is 1.50. The highest BCUT2D eigenvalue weighted by molar-refractivity contribution is 6.00. The molecule has 0 bridgehead atoms. The smallest absolute Gasteiger partial charge is 0.251 e. The lowest BCUT2D eigenvalue weighted by Crippen LogP contribution is -2.53. The number of amides is 2. The molecule has 0 fully saturated rings. The molecule has 2 amide bonds. The first-order chi connectivity index (χ1) is 19.0. The van der Waals surface area contributed by atoms with E-state index in [0.717, 1.165) is 22.4 Å². The lowest BCUT2D eigenvalue weighted by Gasteiger charge is -2.41. The van der Waals surface area contributed by atoms with Crippen molar-refractivity contribution >= 4 is 17.8 Å². The summed E-state index contributed by atoms with van der Waals surface area (Å²) in [5, 5.41) is 3.21. The number of fused-ring (bicyclic) bond motifs is 1. The van der Waals surface area contributed by atoms with Gasteiger partial charge in [0.15, 0.2) is 5.96 Å². The molecule has 0 radical (unpaired) electrons. The highest BCUT2D eigenvalue weighted by atomic mass is 16.5. The Kier molecular flexibility index (Phi) is 7.12. The second-order valence-electron chi connectivity index (χ2n) is 11.9. The van der Waals surface area contributed by atoms with Crippen molar-refractivity contribution in [2.45, 2.75) is 70.7 Å². The van der Waals surface area contributed by atoms with Crippen LogP contribution in [-0.2, 0) is 4.79 Å². The Morgan fingerprint density at radius 3 is 2.52 bits per heavy atom. The standard InChI is InChI=1S/C32H37N5O3/c1-20(2)32(5)18-27(38)37(30(33)36-32)28(23-12-9-15-34-19-23)21-10-8-11-22(16-21)29(39)35-25-17-31(3,4)40-26-14-7-6-13-24(25)26/h6-16,19-20,25,28H,17-18H2,1-5H3,(H2,33,36)(H,35,39)/t25-,28+,32-/m0/s1. The van der Waals surface area contributed by atoms with Crippen LogP contribution in [0.15, 0.2) is 78.0 Å². The number of para-hydroxylation sites is 1. The molecule has 0 saturated carbocycles. The van der Waals surface area contributed by atoms with Gasteiger partial charge in [0.05, 0.1) is 24.0 Å². The van der Waals surface area contributed by atoms with E-state index in [2.05, 4.69) is 10.3 Å². The van der Waals surface area contributed by atoms with Crippen LogP contribution in [0.1, 0.15) is 86.6 Å². The second kappa shape index (κ2) is 10.4. The van der Waals surface area contributed by atoms with E-state index in [1.807, 2.05) is 89.2 Å². The number of aliphatic imine (C=N–C) groups is 1. The molecule has 8 nitrogen and oxygen atoms in total. The van der Waals surface area contributed by atoms with E-state index < -0.39 is 17.2 Å². The Morgan fingerprint density at radius 2 is 1.82 bits per heavy atom. The molecule has 40 heavy (non-hydrogen) atoms. The van der Waals surface area contributed by atoms with Crippen molar-refractivity contribution in [2.75, 3.05) is 0 Å². The van der Waals surface area contributed by atoms with E-state index in [9.17, 15) is 9.59 Å². The molecular weight excluding hydrogens is 502 g/mol. The number of aromatic nitrogens is 1. The minimum absolute atomic E-state index is 0.117. The first-order valence-corrected chi connectivity index (χ1v) is 13.7. The van der Waals surface area contributed by atoms with E-state index in [1.165, 1.54) is 4.90 Å². The van der Waals surface area contributed by atoms with E-state index in [0.29, 0.717) is 12.0 Å². The van der Waals surface area contributed by atoms with Crippen LogP contribution in [-0.4, -0.2) is 38.8 Å². The summed E-state index contributed by atoms with van der Waals surface area (Å²) < 4.78 is 6.14. The lowest BCUT2D eigenvalue weighted by molar-refractivity contribution is -0.131. The second-order valence-corrected chi connectivity index (χ2v) is 11.9. The third-order valence-corrected chi connectivity index (χ3v) is 8.04. The fourth-order valence-electron chi connectivity index (χ4n) is 5.53. The van der Waals surface area contributed by atoms with E-state index >= 15 is 0 Å². The molecule has 2 aromatic carbocycles. The number of nitrogens with zero attached hydrogens (tertiary/aromatic N) is 3. The third kappa shape index (κ3) is 5.30. The summed E-state index contributed by atoms with van der Waals surface area (Å²) in [7, 11) is 0. The van der Waals surface area contributed by atoms with Gasteiger partial charge in [-0.2, -0.15) is 0 Å². The number of hydrogen-bond acceptors (Lipinski definition) is 6. The predicted molar refractivity (Wildman–Crippen MR) is 155 cm³/mol. The molecule has 5 rings (SSSR count). The van der Waals surface area contributed by atoms with Crippen LogP contribution in [0.2, 0.25) is 0 Å². The Bertz CT molecular complexity index is 1450. The topological polar surface area (TPSA) is 110 Å². The number of carbonyl (C=O) groups is 2. The van der Waals surface area contributed by atoms with Crippen molar-refractivity contribution in [1.29, 1.82) is 0 Å². The Labute approximate surface area is 235 Å². The summed E-state index contributed by atoms with van der Waals surface area (Å²) in [5.74, 6) is 0.761. The van der Waals surface area contributed by atoms with Gasteiger partial charge in [-0.15, -0.1) is 0 Å². The summed E-state index contributed by atoms with van der Waals surface area (Å²) in [5.41, 5.74) is 8.46. The van der Waals surface area contributed by atoms with Crippen LogP contribution in [0.25, 0.3) is 0 Å². The quantitative estimate of drug-likeness (QED) is 0.449. The summed E-state index contributed by atoms with van der Waals surface area (Å²) in [6.45, 7) is 10.1. The van der Waals surface area contributed by atoms with Crippen LogP contribution in [0, 0.1) is 5.92 Å². The molecular formula is C32H37N5O3. The van der Waals surface area contributed by atoms with Crippen LogP contribution in [0.3, 0.4) is 0 Å².